The lowest BCUT2D eigenvalue weighted by Crippen LogP contribution is -2.24. The van der Waals surface area contributed by atoms with Crippen LogP contribution >= 0.6 is 23.1 Å². The summed E-state index contributed by atoms with van der Waals surface area (Å²) in [6.07, 6.45) is 6.99. The number of amides is 1. The van der Waals surface area contributed by atoms with Crippen LogP contribution in [-0.2, 0) is 11.3 Å². The van der Waals surface area contributed by atoms with Crippen LogP contribution in [0.1, 0.15) is 10.6 Å². The van der Waals surface area contributed by atoms with E-state index in [-0.39, 0.29) is 5.91 Å². The second-order valence-electron chi connectivity index (χ2n) is 5.02. The average molecular weight is 356 g/mol. The van der Waals surface area contributed by atoms with Gasteiger partial charge in [-0.3, -0.25) is 14.8 Å². The number of thiazole rings is 1. The van der Waals surface area contributed by atoms with Crippen LogP contribution in [0.5, 0.6) is 0 Å². The molecular weight excluding hydrogens is 340 g/mol. The Morgan fingerprint density at radius 1 is 1.21 bits per heavy atom. The first-order valence-electron chi connectivity index (χ1n) is 7.38. The number of carbonyl (C=O) groups is 1. The number of aryl methyl sites for hydroxylation is 1. The Bertz CT molecular complexity index is 806. The summed E-state index contributed by atoms with van der Waals surface area (Å²) in [6, 6.07) is 7.67. The van der Waals surface area contributed by atoms with E-state index in [0.717, 1.165) is 26.0 Å². The Hall–Kier alpha value is -2.25. The van der Waals surface area contributed by atoms with Gasteiger partial charge in [-0.15, -0.1) is 23.1 Å². The van der Waals surface area contributed by atoms with E-state index in [0.29, 0.717) is 12.3 Å². The molecule has 0 atom stereocenters. The van der Waals surface area contributed by atoms with E-state index in [9.17, 15) is 4.79 Å². The zero-order valence-corrected chi connectivity index (χ0v) is 14.7. The van der Waals surface area contributed by atoms with Gasteiger partial charge >= 0.3 is 0 Å². The van der Waals surface area contributed by atoms with Gasteiger partial charge in [-0.05, 0) is 31.2 Å². The third-order valence-electron chi connectivity index (χ3n) is 3.27. The SMILES string of the molecule is Cc1nc(-c2cccnc2)sc1CNC(=O)CSc1ccncc1. The van der Waals surface area contributed by atoms with E-state index in [1.807, 2.05) is 31.2 Å². The first-order valence-corrected chi connectivity index (χ1v) is 9.19. The average Bonchev–Trinajstić information content (AvgIpc) is 3.01. The molecule has 0 spiro atoms. The second kappa shape index (κ2) is 8.03. The highest BCUT2D eigenvalue weighted by molar-refractivity contribution is 8.00. The molecule has 0 radical (unpaired) electrons. The second-order valence-corrected chi connectivity index (χ2v) is 7.15. The van der Waals surface area contributed by atoms with Crippen LogP contribution in [0, 0.1) is 6.92 Å². The van der Waals surface area contributed by atoms with Gasteiger partial charge in [0.25, 0.3) is 0 Å². The van der Waals surface area contributed by atoms with E-state index in [1.54, 1.807) is 36.1 Å². The summed E-state index contributed by atoms with van der Waals surface area (Å²) < 4.78 is 0. The molecule has 1 N–H and O–H groups in total. The predicted octanol–water partition coefficient (Wildman–Crippen LogP) is 3.32. The van der Waals surface area contributed by atoms with Gasteiger partial charge < -0.3 is 5.32 Å². The molecule has 0 unspecified atom stereocenters. The highest BCUT2D eigenvalue weighted by Crippen LogP contribution is 2.27. The molecular formula is C17H16N4OS2. The number of hydrogen-bond acceptors (Lipinski definition) is 6. The number of hydrogen-bond donors (Lipinski definition) is 1. The van der Waals surface area contributed by atoms with Crippen molar-refractivity contribution in [1.29, 1.82) is 0 Å². The van der Waals surface area contributed by atoms with Crippen molar-refractivity contribution in [3.8, 4) is 10.6 Å². The molecule has 3 aromatic heterocycles. The lowest BCUT2D eigenvalue weighted by Gasteiger charge is -2.04. The van der Waals surface area contributed by atoms with Gasteiger partial charge in [-0.2, -0.15) is 0 Å². The van der Waals surface area contributed by atoms with Gasteiger partial charge in [-0.25, -0.2) is 4.98 Å². The molecule has 0 fully saturated rings. The van der Waals surface area contributed by atoms with Crippen molar-refractivity contribution in [2.24, 2.45) is 0 Å². The zero-order valence-electron chi connectivity index (χ0n) is 13.1. The maximum atomic E-state index is 12.0. The standard InChI is InChI=1S/C17H16N4OS2/c1-12-15(24-17(21-12)13-3-2-6-19-9-13)10-20-16(22)11-23-14-4-7-18-8-5-14/h2-9H,10-11H2,1H3,(H,20,22). The van der Waals surface area contributed by atoms with Crippen LogP contribution in [-0.4, -0.2) is 26.6 Å². The summed E-state index contributed by atoms with van der Waals surface area (Å²) in [5.74, 6) is 0.393. The molecule has 0 aliphatic heterocycles. The number of pyridine rings is 2. The van der Waals surface area contributed by atoms with Crippen molar-refractivity contribution >= 4 is 29.0 Å². The van der Waals surface area contributed by atoms with Gasteiger partial charge in [0, 0.05) is 40.1 Å². The van der Waals surface area contributed by atoms with Crippen molar-refractivity contribution in [3.63, 3.8) is 0 Å². The predicted molar refractivity (Wildman–Crippen MR) is 96.9 cm³/mol. The van der Waals surface area contributed by atoms with Crippen LogP contribution in [0.4, 0.5) is 0 Å². The maximum absolute atomic E-state index is 12.0. The fourth-order valence-corrected chi connectivity index (χ4v) is 3.72. The van der Waals surface area contributed by atoms with E-state index in [4.69, 9.17) is 0 Å². The van der Waals surface area contributed by atoms with Crippen molar-refractivity contribution in [2.45, 2.75) is 18.4 Å². The number of rotatable bonds is 6. The quantitative estimate of drug-likeness (QED) is 0.686. The minimum Gasteiger partial charge on any atom is -0.350 e. The van der Waals surface area contributed by atoms with E-state index in [1.165, 1.54) is 11.8 Å². The van der Waals surface area contributed by atoms with E-state index in [2.05, 4.69) is 20.3 Å². The monoisotopic (exact) mass is 356 g/mol. The molecule has 3 rings (SSSR count). The molecule has 24 heavy (non-hydrogen) atoms. The Labute approximate surface area is 148 Å². The molecule has 3 heterocycles. The Balaban J connectivity index is 1.55. The molecule has 0 aromatic carbocycles. The minimum absolute atomic E-state index is 0.00698. The first kappa shape index (κ1) is 16.6. The fourth-order valence-electron chi connectivity index (χ4n) is 2.02. The molecule has 0 bridgehead atoms. The molecule has 0 saturated heterocycles. The number of aromatic nitrogens is 3. The number of nitrogens with one attached hydrogen (secondary N) is 1. The van der Waals surface area contributed by atoms with E-state index >= 15 is 0 Å². The van der Waals surface area contributed by atoms with Crippen LogP contribution in [0.25, 0.3) is 10.6 Å². The van der Waals surface area contributed by atoms with E-state index < -0.39 is 0 Å². The topological polar surface area (TPSA) is 67.8 Å². The normalized spacial score (nSPS) is 10.5. The van der Waals surface area contributed by atoms with Crippen LogP contribution in [0.2, 0.25) is 0 Å². The van der Waals surface area contributed by atoms with Gasteiger partial charge in [0.2, 0.25) is 5.91 Å². The summed E-state index contributed by atoms with van der Waals surface area (Å²) in [5.41, 5.74) is 1.94. The highest BCUT2D eigenvalue weighted by Gasteiger charge is 2.11. The van der Waals surface area contributed by atoms with Crippen molar-refractivity contribution in [3.05, 3.63) is 59.6 Å². The van der Waals surface area contributed by atoms with Crippen molar-refractivity contribution < 1.29 is 4.79 Å². The summed E-state index contributed by atoms with van der Waals surface area (Å²) >= 11 is 3.09. The smallest absolute Gasteiger partial charge is 0.230 e. The van der Waals surface area contributed by atoms with Gasteiger partial charge in [0.05, 0.1) is 18.0 Å². The lowest BCUT2D eigenvalue weighted by atomic mass is 10.3. The summed E-state index contributed by atoms with van der Waals surface area (Å²) in [4.78, 5) is 26.8. The van der Waals surface area contributed by atoms with Crippen LogP contribution < -0.4 is 5.32 Å². The minimum atomic E-state index is 0.00698. The molecule has 7 heteroatoms. The van der Waals surface area contributed by atoms with Crippen LogP contribution in [0.3, 0.4) is 0 Å². The summed E-state index contributed by atoms with van der Waals surface area (Å²) in [7, 11) is 0. The molecule has 5 nitrogen and oxygen atoms in total. The highest BCUT2D eigenvalue weighted by atomic mass is 32.2. The Morgan fingerprint density at radius 3 is 2.79 bits per heavy atom. The Morgan fingerprint density at radius 2 is 2.04 bits per heavy atom. The largest absolute Gasteiger partial charge is 0.350 e. The number of thioether (sulfide) groups is 1. The Kier molecular flexibility index (Phi) is 5.55. The molecule has 0 aliphatic rings. The first-order chi connectivity index (χ1) is 11.7. The van der Waals surface area contributed by atoms with Gasteiger partial charge in [-0.1, -0.05) is 0 Å². The fraction of sp³-hybridized carbons (Fsp3) is 0.176. The van der Waals surface area contributed by atoms with Crippen LogP contribution in [0.15, 0.2) is 53.9 Å². The molecule has 0 saturated carbocycles. The molecule has 0 aliphatic carbocycles. The number of nitrogens with zero attached hydrogens (tertiary/aromatic N) is 3. The zero-order chi connectivity index (χ0) is 16.8. The van der Waals surface area contributed by atoms with Gasteiger partial charge in [0.1, 0.15) is 5.01 Å². The summed E-state index contributed by atoms with van der Waals surface area (Å²) in [5, 5.41) is 3.88. The third kappa shape index (κ3) is 4.39. The van der Waals surface area contributed by atoms with Crippen molar-refractivity contribution in [2.75, 3.05) is 5.75 Å². The molecule has 3 aromatic rings. The summed E-state index contributed by atoms with van der Waals surface area (Å²) in [6.45, 7) is 2.46. The molecule has 1 amide bonds. The maximum Gasteiger partial charge on any atom is 0.230 e. The number of carbonyl (C=O) groups excluding carboxylic acids is 1. The lowest BCUT2D eigenvalue weighted by molar-refractivity contribution is -0.118. The van der Waals surface area contributed by atoms with Gasteiger partial charge in [0.15, 0.2) is 0 Å². The van der Waals surface area contributed by atoms with Crippen molar-refractivity contribution in [1.82, 2.24) is 20.3 Å². The third-order valence-corrected chi connectivity index (χ3v) is 5.49. The molecule has 122 valence electrons.